The normalized spacial score (nSPS) is 22.1. The Kier molecular flexibility index (Phi) is 2.79. The van der Waals surface area contributed by atoms with E-state index in [2.05, 4.69) is 5.32 Å². The van der Waals surface area contributed by atoms with Crippen LogP contribution in [0.25, 0.3) is 0 Å². The number of hydrogen-bond donors (Lipinski definition) is 1. The van der Waals surface area contributed by atoms with Crippen LogP contribution in [0.15, 0.2) is 30.3 Å². The molecule has 0 saturated carbocycles. The lowest BCUT2D eigenvalue weighted by Crippen LogP contribution is -2.47. The lowest BCUT2D eigenvalue weighted by Gasteiger charge is -2.33. The second-order valence-electron chi connectivity index (χ2n) is 3.41. The molecule has 0 amide bonds. The number of carbonyl (C=O) groups excluding carboxylic acids is 1. The molecular formula is C11H13NO2. The zero-order chi connectivity index (χ0) is 9.80. The van der Waals surface area contributed by atoms with Gasteiger partial charge in [0, 0.05) is 6.04 Å². The molecule has 1 aromatic rings. The summed E-state index contributed by atoms with van der Waals surface area (Å²) in [5.41, 5.74) is 1.05. The van der Waals surface area contributed by atoms with E-state index in [4.69, 9.17) is 4.74 Å². The molecule has 0 aliphatic carbocycles. The third kappa shape index (κ3) is 1.77. The van der Waals surface area contributed by atoms with E-state index in [1.165, 1.54) is 0 Å². The maximum absolute atomic E-state index is 10.4. The Morgan fingerprint density at radius 1 is 1.43 bits per heavy atom. The Morgan fingerprint density at radius 2 is 2.14 bits per heavy atom. The van der Waals surface area contributed by atoms with E-state index in [1.807, 2.05) is 30.3 Å². The van der Waals surface area contributed by atoms with Crippen molar-refractivity contribution >= 4 is 6.47 Å². The van der Waals surface area contributed by atoms with Gasteiger partial charge in [-0.3, -0.25) is 4.79 Å². The molecule has 2 rings (SSSR count). The van der Waals surface area contributed by atoms with Crippen LogP contribution in [0.1, 0.15) is 18.1 Å². The molecule has 1 aliphatic rings. The molecule has 1 aromatic carbocycles. The van der Waals surface area contributed by atoms with Crippen LogP contribution >= 0.6 is 0 Å². The Hall–Kier alpha value is -1.35. The Morgan fingerprint density at radius 3 is 2.64 bits per heavy atom. The van der Waals surface area contributed by atoms with Crippen LogP contribution in [0.2, 0.25) is 0 Å². The number of carbonyl (C=O) groups is 1. The minimum Gasteiger partial charge on any atom is -0.458 e. The molecule has 0 bridgehead atoms. The van der Waals surface area contributed by atoms with Gasteiger partial charge < -0.3 is 10.1 Å². The summed E-state index contributed by atoms with van der Waals surface area (Å²) in [6.07, 6.45) is 0.926. The predicted octanol–water partition coefficient (Wildman–Crippen LogP) is 1.26. The summed E-state index contributed by atoms with van der Waals surface area (Å²) < 4.78 is 5.09. The fourth-order valence-electron chi connectivity index (χ4n) is 1.68. The van der Waals surface area contributed by atoms with Crippen LogP contribution in [0.5, 0.6) is 0 Å². The molecule has 0 aromatic heterocycles. The van der Waals surface area contributed by atoms with E-state index in [0.29, 0.717) is 6.47 Å². The van der Waals surface area contributed by atoms with Crippen LogP contribution in [-0.2, 0) is 9.53 Å². The first-order chi connectivity index (χ1) is 6.92. The maximum atomic E-state index is 10.4. The predicted molar refractivity (Wildman–Crippen MR) is 52.7 cm³/mol. The molecule has 1 saturated heterocycles. The van der Waals surface area contributed by atoms with Crippen LogP contribution in [0, 0.1) is 0 Å². The second kappa shape index (κ2) is 4.24. The Bertz CT molecular complexity index is 295. The van der Waals surface area contributed by atoms with Gasteiger partial charge in [-0.2, -0.15) is 0 Å². The summed E-state index contributed by atoms with van der Waals surface area (Å²) in [5, 5.41) is 3.24. The third-order valence-corrected chi connectivity index (χ3v) is 2.56. The number of rotatable bonds is 4. The highest BCUT2D eigenvalue weighted by molar-refractivity contribution is 5.39. The first-order valence-corrected chi connectivity index (χ1v) is 4.79. The SMILES string of the molecule is O=COC(c1ccccc1)C1CCN1. The minimum absolute atomic E-state index is 0.137. The van der Waals surface area contributed by atoms with Crippen LogP contribution < -0.4 is 5.32 Å². The maximum Gasteiger partial charge on any atom is 0.293 e. The standard InChI is InChI=1S/C11H13NO2/c13-8-14-11(10-6-7-12-10)9-4-2-1-3-5-9/h1-5,8,10-12H,6-7H2. The van der Waals surface area contributed by atoms with E-state index < -0.39 is 0 Å². The van der Waals surface area contributed by atoms with Crippen molar-refractivity contribution in [3.05, 3.63) is 35.9 Å². The lowest BCUT2D eigenvalue weighted by molar-refractivity contribution is -0.136. The van der Waals surface area contributed by atoms with Crippen molar-refractivity contribution in [1.29, 1.82) is 0 Å². The molecule has 0 spiro atoms. The molecule has 0 radical (unpaired) electrons. The van der Waals surface area contributed by atoms with Crippen LogP contribution in [0.3, 0.4) is 0 Å². The molecule has 3 heteroatoms. The highest BCUT2D eigenvalue weighted by Crippen LogP contribution is 2.25. The summed E-state index contributed by atoms with van der Waals surface area (Å²) in [6.45, 7) is 1.54. The highest BCUT2D eigenvalue weighted by atomic mass is 16.5. The molecule has 1 fully saturated rings. The van der Waals surface area contributed by atoms with Crippen LogP contribution in [-0.4, -0.2) is 19.1 Å². The zero-order valence-corrected chi connectivity index (χ0v) is 7.85. The molecule has 1 aliphatic heterocycles. The second-order valence-corrected chi connectivity index (χ2v) is 3.41. The van der Waals surface area contributed by atoms with Gasteiger partial charge in [-0.1, -0.05) is 30.3 Å². The number of benzene rings is 1. The molecule has 14 heavy (non-hydrogen) atoms. The molecule has 1 N–H and O–H groups in total. The smallest absolute Gasteiger partial charge is 0.293 e. The van der Waals surface area contributed by atoms with Crippen molar-refractivity contribution in [3.8, 4) is 0 Å². The van der Waals surface area contributed by atoms with Gasteiger partial charge in [0.15, 0.2) is 0 Å². The third-order valence-electron chi connectivity index (χ3n) is 2.56. The van der Waals surface area contributed by atoms with Gasteiger partial charge in [-0.15, -0.1) is 0 Å². The lowest BCUT2D eigenvalue weighted by atomic mass is 9.95. The average Bonchev–Trinajstić information content (AvgIpc) is 2.16. The Labute approximate surface area is 83.1 Å². The molecule has 3 nitrogen and oxygen atoms in total. The molecule has 2 atom stereocenters. The van der Waals surface area contributed by atoms with Gasteiger partial charge in [0.1, 0.15) is 6.10 Å². The van der Waals surface area contributed by atoms with Gasteiger partial charge in [0.2, 0.25) is 0 Å². The van der Waals surface area contributed by atoms with Gasteiger partial charge in [0.25, 0.3) is 6.47 Å². The Balaban J connectivity index is 2.13. The van der Waals surface area contributed by atoms with E-state index in [-0.39, 0.29) is 12.1 Å². The summed E-state index contributed by atoms with van der Waals surface area (Å²) in [4.78, 5) is 10.4. The first kappa shape index (κ1) is 9.21. The van der Waals surface area contributed by atoms with Crippen molar-refractivity contribution in [2.75, 3.05) is 6.54 Å². The van der Waals surface area contributed by atoms with Crippen molar-refractivity contribution < 1.29 is 9.53 Å². The van der Waals surface area contributed by atoms with Gasteiger partial charge in [-0.05, 0) is 18.5 Å². The van der Waals surface area contributed by atoms with Crippen molar-refractivity contribution in [3.63, 3.8) is 0 Å². The van der Waals surface area contributed by atoms with Gasteiger partial charge in [0.05, 0.1) is 0 Å². The number of hydrogen-bond acceptors (Lipinski definition) is 3. The topological polar surface area (TPSA) is 38.3 Å². The molecule has 74 valence electrons. The zero-order valence-electron chi connectivity index (χ0n) is 7.85. The van der Waals surface area contributed by atoms with E-state index in [1.54, 1.807) is 0 Å². The van der Waals surface area contributed by atoms with E-state index in [0.717, 1.165) is 18.5 Å². The van der Waals surface area contributed by atoms with E-state index >= 15 is 0 Å². The molecular weight excluding hydrogens is 178 g/mol. The largest absolute Gasteiger partial charge is 0.458 e. The van der Waals surface area contributed by atoms with Crippen molar-refractivity contribution in [2.45, 2.75) is 18.6 Å². The highest BCUT2D eigenvalue weighted by Gasteiger charge is 2.29. The average molecular weight is 191 g/mol. The summed E-state index contributed by atoms with van der Waals surface area (Å²) in [6, 6.07) is 10.1. The fraction of sp³-hybridized carbons (Fsp3) is 0.364. The monoisotopic (exact) mass is 191 g/mol. The number of ether oxygens (including phenoxy) is 1. The quantitative estimate of drug-likeness (QED) is 0.728. The van der Waals surface area contributed by atoms with Gasteiger partial charge >= 0.3 is 0 Å². The number of nitrogens with one attached hydrogen (secondary N) is 1. The van der Waals surface area contributed by atoms with E-state index in [9.17, 15) is 4.79 Å². The first-order valence-electron chi connectivity index (χ1n) is 4.79. The summed E-state index contributed by atoms with van der Waals surface area (Å²) >= 11 is 0. The van der Waals surface area contributed by atoms with Gasteiger partial charge in [-0.25, -0.2) is 0 Å². The minimum atomic E-state index is -0.137. The van der Waals surface area contributed by atoms with Crippen molar-refractivity contribution in [2.24, 2.45) is 0 Å². The van der Waals surface area contributed by atoms with Crippen LogP contribution in [0.4, 0.5) is 0 Å². The summed E-state index contributed by atoms with van der Waals surface area (Å²) in [7, 11) is 0. The molecule has 1 heterocycles. The molecule has 2 unspecified atom stereocenters. The fourth-order valence-corrected chi connectivity index (χ4v) is 1.68. The summed E-state index contributed by atoms with van der Waals surface area (Å²) in [5.74, 6) is 0. The van der Waals surface area contributed by atoms with Crippen molar-refractivity contribution in [1.82, 2.24) is 5.32 Å².